The van der Waals surface area contributed by atoms with E-state index in [0.717, 1.165) is 5.56 Å². The van der Waals surface area contributed by atoms with Crippen LogP contribution in [0.2, 0.25) is 5.02 Å². The van der Waals surface area contributed by atoms with E-state index in [2.05, 4.69) is 0 Å². The number of halogens is 1. The Bertz CT molecular complexity index is 436. The van der Waals surface area contributed by atoms with Crippen molar-refractivity contribution in [1.29, 1.82) is 5.26 Å². The quantitative estimate of drug-likeness (QED) is 0.658. The molecule has 70 valence electrons. The number of carbonyl (C=O) groups excluding carboxylic acids is 1. The summed E-state index contributed by atoms with van der Waals surface area (Å²) in [4.78, 5) is 13.1. The molecule has 0 aromatic heterocycles. The Balaban J connectivity index is 2.41. The van der Waals surface area contributed by atoms with Crippen molar-refractivity contribution in [3.8, 4) is 6.07 Å². The lowest BCUT2D eigenvalue weighted by Crippen LogP contribution is -2.23. The predicted molar refractivity (Wildman–Crippen MR) is 51.8 cm³/mol. The zero-order valence-electron chi connectivity index (χ0n) is 7.33. The van der Waals surface area contributed by atoms with Crippen LogP contribution in [0, 0.1) is 11.3 Å². The van der Waals surface area contributed by atoms with Gasteiger partial charge >= 0.3 is 0 Å². The summed E-state index contributed by atoms with van der Waals surface area (Å²) in [5.41, 5.74) is 1.45. The SMILES string of the molecule is N#CCN1Cc2c(Cl)cccc2C1=O. The summed E-state index contributed by atoms with van der Waals surface area (Å²) >= 11 is 5.94. The second-order valence-electron chi connectivity index (χ2n) is 3.09. The third-order valence-electron chi connectivity index (χ3n) is 2.25. The van der Waals surface area contributed by atoms with Gasteiger partial charge in [0.2, 0.25) is 0 Å². The summed E-state index contributed by atoms with van der Waals surface area (Å²) in [5.74, 6) is -0.107. The molecule has 1 heterocycles. The fraction of sp³-hybridized carbons (Fsp3) is 0.200. The van der Waals surface area contributed by atoms with E-state index in [9.17, 15) is 4.79 Å². The van der Waals surface area contributed by atoms with E-state index in [1.165, 1.54) is 4.90 Å². The highest BCUT2D eigenvalue weighted by atomic mass is 35.5. The van der Waals surface area contributed by atoms with Crippen LogP contribution in [0.1, 0.15) is 15.9 Å². The Morgan fingerprint density at radius 1 is 1.57 bits per heavy atom. The first kappa shape index (κ1) is 9.04. The van der Waals surface area contributed by atoms with Gasteiger partial charge in [0.25, 0.3) is 5.91 Å². The molecule has 0 fully saturated rings. The maximum absolute atomic E-state index is 11.7. The molecule has 0 N–H and O–H groups in total. The van der Waals surface area contributed by atoms with Crippen LogP contribution in [0.5, 0.6) is 0 Å². The van der Waals surface area contributed by atoms with E-state index in [-0.39, 0.29) is 12.5 Å². The average Bonchev–Trinajstić information content (AvgIpc) is 2.48. The maximum Gasteiger partial charge on any atom is 0.255 e. The van der Waals surface area contributed by atoms with Gasteiger partial charge in [0.1, 0.15) is 6.54 Å². The maximum atomic E-state index is 11.7. The van der Waals surface area contributed by atoms with Gasteiger partial charge in [-0.05, 0) is 12.1 Å². The van der Waals surface area contributed by atoms with Crippen molar-refractivity contribution in [2.24, 2.45) is 0 Å². The van der Waals surface area contributed by atoms with Gasteiger partial charge in [0.15, 0.2) is 0 Å². The van der Waals surface area contributed by atoms with E-state index >= 15 is 0 Å². The second-order valence-corrected chi connectivity index (χ2v) is 3.49. The molecule has 0 aliphatic carbocycles. The van der Waals surface area contributed by atoms with Crippen molar-refractivity contribution < 1.29 is 4.79 Å². The minimum Gasteiger partial charge on any atom is -0.321 e. The van der Waals surface area contributed by atoms with Crippen molar-refractivity contribution >= 4 is 17.5 Å². The highest BCUT2D eigenvalue weighted by Gasteiger charge is 2.28. The summed E-state index contributed by atoms with van der Waals surface area (Å²) in [5, 5.41) is 9.11. The van der Waals surface area contributed by atoms with Crippen molar-refractivity contribution in [2.45, 2.75) is 6.54 Å². The first-order valence-electron chi connectivity index (χ1n) is 4.17. The van der Waals surface area contributed by atoms with Gasteiger partial charge in [-0.15, -0.1) is 0 Å². The first-order chi connectivity index (χ1) is 6.74. The fourth-order valence-corrected chi connectivity index (χ4v) is 1.80. The van der Waals surface area contributed by atoms with Crippen LogP contribution in [0.15, 0.2) is 18.2 Å². The van der Waals surface area contributed by atoms with E-state index in [4.69, 9.17) is 16.9 Å². The molecule has 0 atom stereocenters. The van der Waals surface area contributed by atoms with E-state index in [1.807, 2.05) is 6.07 Å². The largest absolute Gasteiger partial charge is 0.321 e. The van der Waals surface area contributed by atoms with Gasteiger partial charge in [-0.1, -0.05) is 17.7 Å². The van der Waals surface area contributed by atoms with Crippen LogP contribution in [0.25, 0.3) is 0 Å². The minimum absolute atomic E-state index is 0.107. The average molecular weight is 207 g/mol. The lowest BCUT2D eigenvalue weighted by molar-refractivity contribution is 0.0798. The number of hydrogen-bond donors (Lipinski definition) is 0. The van der Waals surface area contributed by atoms with Crippen LogP contribution in [-0.4, -0.2) is 17.4 Å². The summed E-state index contributed by atoms with van der Waals surface area (Å²) < 4.78 is 0. The number of nitrogens with zero attached hydrogens (tertiary/aromatic N) is 2. The topological polar surface area (TPSA) is 44.1 Å². The van der Waals surface area contributed by atoms with E-state index in [0.29, 0.717) is 17.1 Å². The van der Waals surface area contributed by atoms with Gasteiger partial charge < -0.3 is 4.90 Å². The molecule has 0 saturated carbocycles. The molecule has 1 aromatic carbocycles. The molecule has 0 saturated heterocycles. The van der Waals surface area contributed by atoms with Crippen LogP contribution < -0.4 is 0 Å². The molecule has 14 heavy (non-hydrogen) atoms. The number of amides is 1. The first-order valence-corrected chi connectivity index (χ1v) is 4.55. The molecule has 1 aliphatic rings. The zero-order valence-corrected chi connectivity index (χ0v) is 8.08. The van der Waals surface area contributed by atoms with Gasteiger partial charge in [0, 0.05) is 22.7 Å². The fourth-order valence-electron chi connectivity index (χ4n) is 1.57. The zero-order chi connectivity index (χ0) is 10.1. The van der Waals surface area contributed by atoms with Gasteiger partial charge in [-0.25, -0.2) is 0 Å². The number of rotatable bonds is 1. The number of benzene rings is 1. The number of nitriles is 1. The van der Waals surface area contributed by atoms with Crippen LogP contribution in [0.4, 0.5) is 0 Å². The van der Waals surface area contributed by atoms with Gasteiger partial charge in [-0.2, -0.15) is 5.26 Å². The number of carbonyl (C=O) groups is 1. The number of hydrogen-bond acceptors (Lipinski definition) is 2. The molecule has 4 heteroatoms. The molecule has 1 aliphatic heterocycles. The summed E-state index contributed by atoms with van der Waals surface area (Å²) in [6.07, 6.45) is 0. The van der Waals surface area contributed by atoms with Crippen molar-refractivity contribution in [3.63, 3.8) is 0 Å². The Labute approximate surface area is 86.5 Å². The second kappa shape index (κ2) is 3.32. The third kappa shape index (κ3) is 1.24. The molecular formula is C10H7ClN2O. The molecule has 2 rings (SSSR count). The van der Waals surface area contributed by atoms with Crippen molar-refractivity contribution in [3.05, 3.63) is 34.3 Å². The minimum atomic E-state index is -0.107. The lowest BCUT2D eigenvalue weighted by Gasteiger charge is -2.09. The van der Waals surface area contributed by atoms with E-state index < -0.39 is 0 Å². The predicted octanol–water partition coefficient (Wildman–Crippen LogP) is 1.82. The van der Waals surface area contributed by atoms with Crippen molar-refractivity contribution in [2.75, 3.05) is 6.54 Å². The molecular weight excluding hydrogens is 200 g/mol. The highest BCUT2D eigenvalue weighted by molar-refractivity contribution is 6.32. The molecule has 0 spiro atoms. The monoisotopic (exact) mass is 206 g/mol. The Kier molecular flexibility index (Phi) is 2.14. The highest BCUT2D eigenvalue weighted by Crippen LogP contribution is 2.28. The van der Waals surface area contributed by atoms with Gasteiger partial charge in [0.05, 0.1) is 6.07 Å². The Morgan fingerprint density at radius 2 is 2.36 bits per heavy atom. The normalized spacial score (nSPS) is 14.0. The summed E-state index contributed by atoms with van der Waals surface area (Å²) in [6.45, 7) is 0.561. The van der Waals surface area contributed by atoms with Crippen LogP contribution in [0.3, 0.4) is 0 Å². The molecule has 0 bridgehead atoms. The lowest BCUT2D eigenvalue weighted by atomic mass is 10.1. The Hall–Kier alpha value is -1.53. The molecule has 1 amide bonds. The molecule has 3 nitrogen and oxygen atoms in total. The molecule has 1 aromatic rings. The smallest absolute Gasteiger partial charge is 0.255 e. The van der Waals surface area contributed by atoms with Gasteiger partial charge in [-0.3, -0.25) is 4.79 Å². The standard InChI is InChI=1S/C10H7ClN2O/c11-9-3-1-2-7-8(9)6-13(5-4-12)10(7)14/h1-3H,5-6H2. The van der Waals surface area contributed by atoms with Crippen LogP contribution >= 0.6 is 11.6 Å². The van der Waals surface area contributed by atoms with Crippen LogP contribution in [-0.2, 0) is 6.54 Å². The molecule has 0 unspecified atom stereocenters. The third-order valence-corrected chi connectivity index (χ3v) is 2.60. The Morgan fingerprint density at radius 3 is 3.00 bits per heavy atom. The number of fused-ring (bicyclic) bond motifs is 1. The van der Waals surface area contributed by atoms with Crippen molar-refractivity contribution in [1.82, 2.24) is 4.90 Å². The van der Waals surface area contributed by atoms with E-state index in [1.54, 1.807) is 18.2 Å². The summed E-state index contributed by atoms with van der Waals surface area (Å²) in [7, 11) is 0. The molecule has 0 radical (unpaired) electrons. The summed E-state index contributed by atoms with van der Waals surface area (Å²) in [6, 6.07) is 7.19.